The minimum absolute atomic E-state index is 0.0361. The number of piperidine rings is 1. The van der Waals surface area contributed by atoms with Crippen molar-refractivity contribution in [1.29, 1.82) is 0 Å². The molecule has 5 saturated carbocycles. The molecule has 1 aromatic carbocycles. The van der Waals surface area contributed by atoms with Crippen molar-refractivity contribution < 1.29 is 63.2 Å². The summed E-state index contributed by atoms with van der Waals surface area (Å²) < 4.78 is 38.1. The van der Waals surface area contributed by atoms with Gasteiger partial charge in [0.1, 0.15) is 23.9 Å². The molecule has 4 N–H and O–H groups in total. The molecule has 15 atom stereocenters. The summed E-state index contributed by atoms with van der Waals surface area (Å²) in [7, 11) is 8.20. The highest BCUT2D eigenvalue weighted by molar-refractivity contribution is 5.89. The third kappa shape index (κ3) is 6.22. The van der Waals surface area contributed by atoms with Crippen LogP contribution in [-0.4, -0.2) is 146 Å². The molecule has 0 aromatic heterocycles. The molecule has 14 nitrogen and oxygen atoms in total. The van der Waals surface area contributed by atoms with Gasteiger partial charge >= 0.3 is 17.9 Å². The van der Waals surface area contributed by atoms with Crippen molar-refractivity contribution >= 4 is 17.9 Å². The summed E-state index contributed by atoms with van der Waals surface area (Å²) in [5, 5.41) is 46.8. The first-order chi connectivity index (χ1) is 27.3. The monoisotopic (exact) mass is 799 g/mol. The Kier molecular flexibility index (Phi) is 12.0. The van der Waals surface area contributed by atoms with Crippen LogP contribution in [0.3, 0.4) is 0 Å². The van der Waals surface area contributed by atoms with Crippen LogP contribution in [0.2, 0.25) is 0 Å². The molecular weight excluding hydrogens is 738 g/mol. The van der Waals surface area contributed by atoms with Gasteiger partial charge in [-0.3, -0.25) is 4.79 Å². The summed E-state index contributed by atoms with van der Waals surface area (Å²) in [4.78, 5) is 41.3. The number of carbonyl (C=O) groups is 3. The summed E-state index contributed by atoms with van der Waals surface area (Å²) in [6, 6.07) is 8.08. The molecular formula is C43H61NO13. The number of likely N-dealkylation sites (tertiary alicyclic amines) is 1. The maximum atomic E-state index is 14.3. The molecule has 0 amide bonds. The first-order valence-electron chi connectivity index (χ1n) is 20.6. The van der Waals surface area contributed by atoms with Crippen LogP contribution in [0.1, 0.15) is 74.6 Å². The van der Waals surface area contributed by atoms with E-state index in [9.17, 15) is 29.7 Å². The third-order valence-corrected chi connectivity index (χ3v) is 15.1. The van der Waals surface area contributed by atoms with E-state index < -0.39 is 106 Å². The van der Waals surface area contributed by atoms with Crippen LogP contribution in [-0.2, 0) is 38.0 Å². The molecule has 1 unspecified atom stereocenters. The molecule has 1 spiro atoms. The van der Waals surface area contributed by atoms with Crippen LogP contribution >= 0.6 is 0 Å². The standard InChI is InChI=1S/C43H61NO13/c1-44-23-40(24-52-2)27(45)21-28(53-3)42-26-22-41(51)37(56-39(50)25-17-13-12-14-18-25)31(26)43(36(49)38(41)55-5,32(35(42)44)33(54-4)34(40)42)57-30(48)20-16-11-9-7-6-8-10-15-19-29(46)47/h12-14,16-18,20,26-28,31-38,45,49,51H,6-11,15,19,21-24H2,1-5H3,(H,46,47)/b20-16+/t26-,27-,28+,31-,32+,33+,34-,35?,36+,37-,38+,40+,41-,42+,43-/m1/s1. The van der Waals surface area contributed by atoms with Gasteiger partial charge in [-0.15, -0.1) is 0 Å². The lowest BCUT2D eigenvalue weighted by molar-refractivity contribution is -0.320. The summed E-state index contributed by atoms with van der Waals surface area (Å²) in [5.74, 6) is -4.79. The molecule has 7 bridgehead atoms. The Morgan fingerprint density at radius 3 is 2.26 bits per heavy atom. The van der Waals surface area contributed by atoms with E-state index in [0.717, 1.165) is 32.1 Å². The number of methoxy groups -OCH3 is 4. The second-order valence-corrected chi connectivity index (χ2v) is 17.6. The molecule has 1 heterocycles. The van der Waals surface area contributed by atoms with Crippen molar-refractivity contribution in [2.75, 3.05) is 48.6 Å². The van der Waals surface area contributed by atoms with Gasteiger partial charge in [-0.05, 0) is 50.8 Å². The van der Waals surface area contributed by atoms with Crippen molar-refractivity contribution in [3.63, 3.8) is 0 Å². The van der Waals surface area contributed by atoms with E-state index in [-0.39, 0.29) is 31.4 Å². The molecule has 1 aromatic rings. The quantitative estimate of drug-likeness (QED) is 0.0963. The number of unbranched alkanes of at least 4 members (excludes halogenated alkanes) is 6. The van der Waals surface area contributed by atoms with Crippen LogP contribution in [0, 0.1) is 34.5 Å². The summed E-state index contributed by atoms with van der Waals surface area (Å²) >= 11 is 0. The normalized spacial score (nSPS) is 42.6. The number of aliphatic carboxylic acids is 1. The highest BCUT2D eigenvalue weighted by Gasteiger charge is 2.92. The van der Waals surface area contributed by atoms with Crippen molar-refractivity contribution in [2.45, 2.75) is 118 Å². The first-order valence-corrected chi connectivity index (χ1v) is 20.6. The van der Waals surface area contributed by atoms with Gasteiger partial charge < -0.3 is 53.7 Å². The predicted molar refractivity (Wildman–Crippen MR) is 204 cm³/mol. The number of carboxylic acid groups (broad SMARTS) is 1. The van der Waals surface area contributed by atoms with E-state index in [1.165, 1.54) is 13.2 Å². The Morgan fingerprint density at radius 2 is 1.61 bits per heavy atom. The highest BCUT2D eigenvalue weighted by Crippen LogP contribution is 2.80. The van der Waals surface area contributed by atoms with E-state index in [2.05, 4.69) is 4.90 Å². The number of ether oxygens (including phenoxy) is 6. The topological polar surface area (TPSA) is 191 Å². The molecule has 1 aliphatic heterocycles. The number of benzene rings is 1. The van der Waals surface area contributed by atoms with Gasteiger partial charge in [-0.2, -0.15) is 0 Å². The molecule has 0 radical (unpaired) electrons. The summed E-state index contributed by atoms with van der Waals surface area (Å²) in [6.07, 6.45) is 3.18. The van der Waals surface area contributed by atoms with Gasteiger partial charge in [0, 0.05) is 88.5 Å². The van der Waals surface area contributed by atoms with Crippen molar-refractivity contribution in [3.8, 4) is 0 Å². The molecule has 14 heteroatoms. The Hall–Kier alpha value is -2.95. The zero-order chi connectivity index (χ0) is 40.9. The van der Waals surface area contributed by atoms with Gasteiger partial charge in [0.05, 0.1) is 30.5 Å². The Balaban J connectivity index is 1.30. The SMILES string of the molecule is COC[C@]12CN(C)C3[C@@H]4[C@H](OC)[C@H]1[C@@]3([C@@H](OC)C[C@H]2O)[C@@H]1C[C@@]2(O)[C@H](OC(=O)c3ccccc3)[C@@H]1[C@]4(OC(=O)/C=C/CCCCCCCCC(=O)O)[C@@H](O)[C@@H]2OC. The van der Waals surface area contributed by atoms with E-state index in [1.807, 2.05) is 7.05 Å². The van der Waals surface area contributed by atoms with E-state index in [0.29, 0.717) is 19.4 Å². The lowest BCUT2D eigenvalue weighted by Crippen LogP contribution is -2.81. The lowest BCUT2D eigenvalue weighted by atomic mass is 9.42. The van der Waals surface area contributed by atoms with Crippen LogP contribution in [0.15, 0.2) is 42.5 Å². The van der Waals surface area contributed by atoms with Gasteiger partial charge in [-0.1, -0.05) is 50.0 Å². The van der Waals surface area contributed by atoms with E-state index in [4.69, 9.17) is 33.5 Å². The number of aliphatic hydroxyl groups is 3. The van der Waals surface area contributed by atoms with Gasteiger partial charge in [0.2, 0.25) is 0 Å². The van der Waals surface area contributed by atoms with Crippen molar-refractivity contribution in [1.82, 2.24) is 4.90 Å². The van der Waals surface area contributed by atoms with Crippen LogP contribution < -0.4 is 0 Å². The largest absolute Gasteiger partial charge is 0.481 e. The fraction of sp³-hybridized carbons (Fsp3) is 0.744. The Bertz CT molecular complexity index is 1660. The number of esters is 2. The smallest absolute Gasteiger partial charge is 0.338 e. The molecule has 1 saturated heterocycles. The number of allylic oxidation sites excluding steroid dienone is 1. The minimum Gasteiger partial charge on any atom is -0.481 e. The van der Waals surface area contributed by atoms with E-state index >= 15 is 0 Å². The Morgan fingerprint density at radius 1 is 0.912 bits per heavy atom. The van der Waals surface area contributed by atoms with Crippen LogP contribution in [0.25, 0.3) is 0 Å². The number of hydrogen-bond donors (Lipinski definition) is 4. The summed E-state index contributed by atoms with van der Waals surface area (Å²) in [6.45, 7) is 0.642. The van der Waals surface area contributed by atoms with E-state index in [1.54, 1.807) is 57.7 Å². The molecule has 6 aliphatic rings. The highest BCUT2D eigenvalue weighted by atomic mass is 16.6. The first kappa shape index (κ1) is 42.2. The maximum Gasteiger partial charge on any atom is 0.338 e. The third-order valence-electron chi connectivity index (χ3n) is 15.1. The summed E-state index contributed by atoms with van der Waals surface area (Å²) in [5.41, 5.74) is -5.09. The number of carbonyl (C=O) groups excluding carboxylic acids is 2. The molecule has 7 rings (SSSR count). The fourth-order valence-corrected chi connectivity index (χ4v) is 13.6. The van der Waals surface area contributed by atoms with Crippen molar-refractivity contribution in [3.05, 3.63) is 48.0 Å². The Labute approximate surface area is 334 Å². The van der Waals surface area contributed by atoms with Crippen LogP contribution in [0.5, 0.6) is 0 Å². The van der Waals surface area contributed by atoms with Gasteiger partial charge in [0.25, 0.3) is 0 Å². The second kappa shape index (κ2) is 16.2. The second-order valence-electron chi connectivity index (χ2n) is 17.6. The average Bonchev–Trinajstić information content (AvgIpc) is 3.58. The maximum absolute atomic E-state index is 14.3. The van der Waals surface area contributed by atoms with Gasteiger partial charge in [-0.25, -0.2) is 9.59 Å². The minimum atomic E-state index is -1.89. The van der Waals surface area contributed by atoms with Crippen LogP contribution in [0.4, 0.5) is 0 Å². The number of fused-ring (bicyclic) bond motifs is 2. The fourth-order valence-electron chi connectivity index (χ4n) is 13.6. The number of hydrogen-bond acceptors (Lipinski definition) is 13. The average molecular weight is 800 g/mol. The van der Waals surface area contributed by atoms with Gasteiger partial charge in [0.15, 0.2) is 5.60 Å². The number of nitrogens with zero attached hydrogens (tertiary/aromatic N) is 1. The zero-order valence-corrected chi connectivity index (χ0v) is 33.8. The molecule has 5 aliphatic carbocycles. The zero-order valence-electron chi connectivity index (χ0n) is 33.8. The predicted octanol–water partition coefficient (Wildman–Crippen LogP) is 3.00. The number of carboxylic acids is 1. The number of aliphatic hydroxyl groups excluding tert-OH is 2. The lowest BCUT2D eigenvalue weighted by Gasteiger charge is -2.70. The molecule has 57 heavy (non-hydrogen) atoms. The number of rotatable bonds is 18. The molecule has 316 valence electrons. The van der Waals surface area contributed by atoms with Crippen molar-refractivity contribution in [2.24, 2.45) is 34.5 Å². The molecule has 6 fully saturated rings.